The van der Waals surface area contributed by atoms with Crippen LogP contribution in [-0.4, -0.2) is 23.5 Å². The van der Waals surface area contributed by atoms with E-state index in [-0.39, 0.29) is 18.4 Å². The maximum atomic E-state index is 12.0. The third-order valence-corrected chi connectivity index (χ3v) is 3.83. The van der Waals surface area contributed by atoms with Gasteiger partial charge in [0.05, 0.1) is 5.92 Å². The second-order valence-corrected chi connectivity index (χ2v) is 5.92. The predicted octanol–water partition coefficient (Wildman–Crippen LogP) is 2.29. The Morgan fingerprint density at radius 2 is 2.00 bits per heavy atom. The van der Waals surface area contributed by atoms with Gasteiger partial charge in [0, 0.05) is 12.5 Å². The van der Waals surface area contributed by atoms with Crippen LogP contribution in [0.3, 0.4) is 0 Å². The van der Waals surface area contributed by atoms with E-state index in [1.165, 1.54) is 0 Å². The van der Waals surface area contributed by atoms with Crippen molar-refractivity contribution >= 4 is 11.9 Å². The quantitative estimate of drug-likeness (QED) is 0.765. The Morgan fingerprint density at radius 3 is 2.44 bits per heavy atom. The maximum absolute atomic E-state index is 12.0. The molecule has 0 saturated heterocycles. The first-order valence-corrected chi connectivity index (χ1v) is 6.92. The minimum absolute atomic E-state index is 0.0370. The summed E-state index contributed by atoms with van der Waals surface area (Å²) in [5.74, 6) is -0.408. The first-order valence-electron chi connectivity index (χ1n) is 6.92. The molecule has 1 saturated carbocycles. The van der Waals surface area contributed by atoms with Crippen LogP contribution in [0.25, 0.3) is 0 Å². The number of aliphatic carboxylic acids is 1. The van der Waals surface area contributed by atoms with E-state index in [0.717, 1.165) is 19.3 Å². The van der Waals surface area contributed by atoms with Crippen molar-refractivity contribution in [1.29, 1.82) is 0 Å². The Labute approximate surface area is 109 Å². The van der Waals surface area contributed by atoms with E-state index in [1.54, 1.807) is 0 Å². The second-order valence-electron chi connectivity index (χ2n) is 5.92. The number of carbonyl (C=O) groups is 2. The minimum Gasteiger partial charge on any atom is -0.481 e. The van der Waals surface area contributed by atoms with Gasteiger partial charge in [-0.05, 0) is 31.1 Å². The van der Waals surface area contributed by atoms with Crippen molar-refractivity contribution < 1.29 is 14.7 Å². The van der Waals surface area contributed by atoms with Crippen LogP contribution in [0.5, 0.6) is 0 Å². The van der Waals surface area contributed by atoms with Gasteiger partial charge in [0.15, 0.2) is 0 Å². The van der Waals surface area contributed by atoms with Gasteiger partial charge < -0.3 is 10.4 Å². The average molecular weight is 255 g/mol. The zero-order valence-electron chi connectivity index (χ0n) is 11.6. The Balaban J connectivity index is 2.41. The SMILES string of the molecule is CC(C)CC(CNC(=O)C1CCCC1C)C(=O)O. The summed E-state index contributed by atoms with van der Waals surface area (Å²) in [7, 11) is 0. The van der Waals surface area contributed by atoms with Crippen LogP contribution in [0.2, 0.25) is 0 Å². The predicted molar refractivity (Wildman–Crippen MR) is 70.1 cm³/mol. The van der Waals surface area contributed by atoms with Crippen molar-refractivity contribution in [3.63, 3.8) is 0 Å². The molecule has 2 N–H and O–H groups in total. The third kappa shape index (κ3) is 4.31. The Morgan fingerprint density at radius 1 is 1.33 bits per heavy atom. The molecule has 4 nitrogen and oxygen atoms in total. The first kappa shape index (κ1) is 15.0. The van der Waals surface area contributed by atoms with Gasteiger partial charge in [-0.15, -0.1) is 0 Å². The summed E-state index contributed by atoms with van der Waals surface area (Å²) in [6, 6.07) is 0. The van der Waals surface area contributed by atoms with Crippen LogP contribution in [0, 0.1) is 23.7 Å². The molecule has 1 rings (SSSR count). The number of rotatable bonds is 6. The highest BCUT2D eigenvalue weighted by atomic mass is 16.4. The molecule has 0 bridgehead atoms. The van der Waals surface area contributed by atoms with Gasteiger partial charge >= 0.3 is 5.97 Å². The number of amides is 1. The molecule has 0 heterocycles. The van der Waals surface area contributed by atoms with Crippen LogP contribution < -0.4 is 5.32 Å². The van der Waals surface area contributed by atoms with Crippen LogP contribution in [-0.2, 0) is 9.59 Å². The molecule has 0 aromatic heterocycles. The molecule has 1 fully saturated rings. The monoisotopic (exact) mass is 255 g/mol. The van der Waals surface area contributed by atoms with Crippen molar-refractivity contribution in [2.75, 3.05) is 6.54 Å². The van der Waals surface area contributed by atoms with Gasteiger partial charge in [0.1, 0.15) is 0 Å². The summed E-state index contributed by atoms with van der Waals surface area (Å²) in [6.07, 6.45) is 3.75. The van der Waals surface area contributed by atoms with Gasteiger partial charge in [-0.2, -0.15) is 0 Å². The van der Waals surface area contributed by atoms with E-state index in [4.69, 9.17) is 5.11 Å². The third-order valence-electron chi connectivity index (χ3n) is 3.83. The van der Waals surface area contributed by atoms with E-state index in [9.17, 15) is 9.59 Å². The van der Waals surface area contributed by atoms with E-state index >= 15 is 0 Å². The summed E-state index contributed by atoms with van der Waals surface area (Å²) in [4.78, 5) is 23.0. The molecule has 4 heteroatoms. The molecule has 1 amide bonds. The highest BCUT2D eigenvalue weighted by Gasteiger charge is 2.30. The number of hydrogen-bond donors (Lipinski definition) is 2. The minimum atomic E-state index is -0.816. The molecular weight excluding hydrogens is 230 g/mol. The lowest BCUT2D eigenvalue weighted by atomic mass is 9.95. The zero-order valence-corrected chi connectivity index (χ0v) is 11.6. The molecule has 0 spiro atoms. The number of nitrogens with one attached hydrogen (secondary N) is 1. The van der Waals surface area contributed by atoms with Crippen molar-refractivity contribution in [2.45, 2.75) is 46.5 Å². The van der Waals surface area contributed by atoms with Crippen LogP contribution in [0.4, 0.5) is 0 Å². The molecule has 0 aromatic rings. The van der Waals surface area contributed by atoms with Gasteiger partial charge in [0.25, 0.3) is 0 Å². The van der Waals surface area contributed by atoms with Crippen molar-refractivity contribution in [3.8, 4) is 0 Å². The topological polar surface area (TPSA) is 66.4 Å². The lowest BCUT2D eigenvalue weighted by Crippen LogP contribution is -2.38. The molecule has 0 aromatic carbocycles. The maximum Gasteiger partial charge on any atom is 0.308 e. The van der Waals surface area contributed by atoms with Crippen LogP contribution >= 0.6 is 0 Å². The summed E-state index contributed by atoms with van der Waals surface area (Å²) in [5.41, 5.74) is 0. The standard InChI is InChI=1S/C14H25NO3/c1-9(2)7-11(14(17)18)8-15-13(16)12-6-4-5-10(12)3/h9-12H,4-8H2,1-3H3,(H,15,16)(H,17,18). The molecule has 0 aliphatic heterocycles. The Kier molecular flexibility index (Phi) is 5.63. The molecule has 1 aliphatic carbocycles. The van der Waals surface area contributed by atoms with Crippen molar-refractivity contribution in [1.82, 2.24) is 5.32 Å². The Bertz CT molecular complexity index is 301. The Hall–Kier alpha value is -1.06. The largest absolute Gasteiger partial charge is 0.481 e. The lowest BCUT2D eigenvalue weighted by Gasteiger charge is -2.19. The van der Waals surface area contributed by atoms with E-state index in [0.29, 0.717) is 18.3 Å². The lowest BCUT2D eigenvalue weighted by molar-refractivity contribution is -0.142. The number of carboxylic acids is 1. The van der Waals surface area contributed by atoms with Gasteiger partial charge in [-0.3, -0.25) is 9.59 Å². The van der Waals surface area contributed by atoms with Crippen LogP contribution in [0.1, 0.15) is 46.5 Å². The molecule has 18 heavy (non-hydrogen) atoms. The number of carbonyl (C=O) groups excluding carboxylic acids is 1. The fourth-order valence-electron chi connectivity index (χ4n) is 2.73. The van der Waals surface area contributed by atoms with Crippen LogP contribution in [0.15, 0.2) is 0 Å². The average Bonchev–Trinajstić information content (AvgIpc) is 2.69. The molecule has 104 valence electrons. The number of carboxylic acid groups (broad SMARTS) is 1. The fraction of sp³-hybridized carbons (Fsp3) is 0.857. The normalized spacial score (nSPS) is 25.1. The summed E-state index contributed by atoms with van der Waals surface area (Å²) in [5, 5.41) is 11.9. The molecule has 0 radical (unpaired) electrons. The summed E-state index contributed by atoms with van der Waals surface area (Å²) >= 11 is 0. The molecule has 3 unspecified atom stereocenters. The summed E-state index contributed by atoms with van der Waals surface area (Å²) < 4.78 is 0. The van der Waals surface area contributed by atoms with Gasteiger partial charge in [0.2, 0.25) is 5.91 Å². The second kappa shape index (κ2) is 6.76. The van der Waals surface area contributed by atoms with E-state index in [2.05, 4.69) is 12.2 Å². The van der Waals surface area contributed by atoms with E-state index in [1.807, 2.05) is 13.8 Å². The number of hydrogen-bond acceptors (Lipinski definition) is 2. The van der Waals surface area contributed by atoms with Gasteiger partial charge in [-0.1, -0.05) is 27.2 Å². The summed E-state index contributed by atoms with van der Waals surface area (Å²) in [6.45, 7) is 6.35. The fourth-order valence-corrected chi connectivity index (χ4v) is 2.73. The molecular formula is C14H25NO3. The smallest absolute Gasteiger partial charge is 0.308 e. The van der Waals surface area contributed by atoms with E-state index < -0.39 is 11.9 Å². The van der Waals surface area contributed by atoms with Crippen molar-refractivity contribution in [2.24, 2.45) is 23.7 Å². The zero-order chi connectivity index (χ0) is 13.7. The van der Waals surface area contributed by atoms with Gasteiger partial charge in [-0.25, -0.2) is 0 Å². The molecule has 1 aliphatic rings. The highest BCUT2D eigenvalue weighted by molar-refractivity contribution is 5.80. The first-order chi connectivity index (χ1) is 8.41. The van der Waals surface area contributed by atoms with Crippen molar-refractivity contribution in [3.05, 3.63) is 0 Å². The molecule has 3 atom stereocenters. The highest BCUT2D eigenvalue weighted by Crippen LogP contribution is 2.31.